The van der Waals surface area contributed by atoms with Gasteiger partial charge in [-0.05, 0) is 30.7 Å². The highest BCUT2D eigenvalue weighted by Crippen LogP contribution is 2.11. The average molecular weight is 346 g/mol. The number of rotatable bonds is 3. The Labute approximate surface area is 129 Å². The third-order valence-electron chi connectivity index (χ3n) is 2.98. The summed E-state index contributed by atoms with van der Waals surface area (Å²) in [7, 11) is 0. The summed E-state index contributed by atoms with van der Waals surface area (Å²) in [5.74, 6) is 0.217. The van der Waals surface area contributed by atoms with Crippen molar-refractivity contribution in [2.75, 3.05) is 0 Å². The predicted octanol–water partition coefficient (Wildman–Crippen LogP) is 2.13. The van der Waals surface area contributed by atoms with Crippen LogP contribution in [-0.2, 0) is 6.54 Å². The maximum atomic E-state index is 12.1. The van der Waals surface area contributed by atoms with Gasteiger partial charge in [-0.15, -0.1) is 5.10 Å². The topological polar surface area (TPSA) is 72.2 Å². The number of fused-ring (bicyclic) bond motifs is 1. The molecule has 3 rings (SSSR count). The van der Waals surface area contributed by atoms with Crippen LogP contribution in [-0.4, -0.2) is 25.5 Å². The molecule has 0 radical (unpaired) electrons. The second kappa shape index (κ2) is 5.61. The van der Waals surface area contributed by atoms with Crippen molar-refractivity contribution < 1.29 is 4.79 Å². The number of halogens is 1. The lowest BCUT2D eigenvalue weighted by molar-refractivity contribution is 0.0940. The van der Waals surface area contributed by atoms with Gasteiger partial charge in [0.15, 0.2) is 0 Å². The van der Waals surface area contributed by atoms with E-state index in [0.29, 0.717) is 12.3 Å². The minimum absolute atomic E-state index is 0.117. The second-order valence-corrected chi connectivity index (χ2v) is 5.46. The Morgan fingerprint density at radius 1 is 1.38 bits per heavy atom. The number of carbonyl (C=O) groups excluding carboxylic acids is 1. The molecular formula is C14H12BrN5O. The van der Waals surface area contributed by atoms with E-state index in [-0.39, 0.29) is 11.7 Å². The van der Waals surface area contributed by atoms with Crippen LogP contribution in [0.25, 0.3) is 5.78 Å². The molecule has 3 aromatic rings. The minimum Gasteiger partial charge on any atom is -0.345 e. The first-order valence-corrected chi connectivity index (χ1v) is 7.14. The van der Waals surface area contributed by atoms with Gasteiger partial charge in [0.05, 0.1) is 0 Å². The molecule has 0 aliphatic carbocycles. The van der Waals surface area contributed by atoms with Crippen molar-refractivity contribution in [3.05, 3.63) is 58.1 Å². The molecule has 0 saturated carbocycles. The van der Waals surface area contributed by atoms with Crippen molar-refractivity contribution in [1.29, 1.82) is 0 Å². The van der Waals surface area contributed by atoms with Gasteiger partial charge in [0.25, 0.3) is 11.7 Å². The van der Waals surface area contributed by atoms with E-state index in [2.05, 4.69) is 36.3 Å². The van der Waals surface area contributed by atoms with E-state index in [1.165, 1.54) is 0 Å². The second-order valence-electron chi connectivity index (χ2n) is 4.55. The molecule has 0 fully saturated rings. The summed E-state index contributed by atoms with van der Waals surface area (Å²) in [6.45, 7) is 2.30. The van der Waals surface area contributed by atoms with Crippen LogP contribution in [0.2, 0.25) is 0 Å². The number of hydrogen-bond donors (Lipinski definition) is 1. The number of nitrogens with one attached hydrogen (secondary N) is 1. The van der Waals surface area contributed by atoms with Crippen LogP contribution in [0, 0.1) is 6.92 Å². The summed E-state index contributed by atoms with van der Waals surface area (Å²) >= 11 is 3.40. The zero-order valence-electron chi connectivity index (χ0n) is 11.2. The first-order valence-electron chi connectivity index (χ1n) is 6.34. The number of nitrogens with zero attached hydrogens (tertiary/aromatic N) is 4. The Balaban J connectivity index is 1.76. The highest BCUT2D eigenvalue weighted by molar-refractivity contribution is 9.10. The van der Waals surface area contributed by atoms with E-state index in [4.69, 9.17) is 0 Å². The maximum Gasteiger partial charge on any atom is 0.291 e. The molecule has 0 saturated heterocycles. The van der Waals surface area contributed by atoms with Gasteiger partial charge < -0.3 is 5.32 Å². The first kappa shape index (κ1) is 13.7. The van der Waals surface area contributed by atoms with Gasteiger partial charge in [-0.1, -0.05) is 28.1 Å². The van der Waals surface area contributed by atoms with Crippen LogP contribution in [0.5, 0.6) is 0 Å². The number of carbonyl (C=O) groups is 1. The van der Waals surface area contributed by atoms with Crippen molar-refractivity contribution >= 4 is 27.6 Å². The average Bonchev–Trinajstić information content (AvgIpc) is 2.90. The van der Waals surface area contributed by atoms with Crippen LogP contribution in [0.3, 0.4) is 0 Å². The van der Waals surface area contributed by atoms with Crippen molar-refractivity contribution in [1.82, 2.24) is 24.9 Å². The highest BCUT2D eigenvalue weighted by Gasteiger charge is 2.13. The molecule has 2 aromatic heterocycles. The molecule has 21 heavy (non-hydrogen) atoms. The molecule has 1 amide bonds. The minimum atomic E-state index is -0.320. The number of benzene rings is 1. The third-order valence-corrected chi connectivity index (χ3v) is 3.47. The monoisotopic (exact) mass is 345 g/mol. The van der Waals surface area contributed by atoms with Crippen LogP contribution >= 0.6 is 15.9 Å². The smallest absolute Gasteiger partial charge is 0.291 e. The van der Waals surface area contributed by atoms with E-state index in [9.17, 15) is 4.79 Å². The van der Waals surface area contributed by atoms with E-state index >= 15 is 0 Å². The van der Waals surface area contributed by atoms with Crippen molar-refractivity contribution in [2.45, 2.75) is 13.5 Å². The zero-order chi connectivity index (χ0) is 14.8. The largest absolute Gasteiger partial charge is 0.345 e. The SMILES string of the molecule is Cc1ccnc2nc(C(=O)NCc3cccc(Br)c3)nn12. The summed E-state index contributed by atoms with van der Waals surface area (Å²) in [5.41, 5.74) is 1.87. The van der Waals surface area contributed by atoms with Crippen LogP contribution in [0.4, 0.5) is 0 Å². The summed E-state index contributed by atoms with van der Waals surface area (Å²) in [6.07, 6.45) is 1.64. The lowest BCUT2D eigenvalue weighted by Gasteiger charge is -2.03. The lowest BCUT2D eigenvalue weighted by atomic mass is 10.2. The molecule has 0 spiro atoms. The van der Waals surface area contributed by atoms with E-state index < -0.39 is 0 Å². The predicted molar refractivity (Wildman–Crippen MR) is 80.8 cm³/mol. The van der Waals surface area contributed by atoms with Gasteiger partial charge in [0.1, 0.15) is 0 Å². The van der Waals surface area contributed by atoms with Gasteiger partial charge in [-0.25, -0.2) is 9.50 Å². The molecule has 7 heteroatoms. The molecule has 0 aliphatic rings. The Bertz CT molecular complexity index is 814. The van der Waals surface area contributed by atoms with Crippen LogP contribution in [0.15, 0.2) is 41.0 Å². The van der Waals surface area contributed by atoms with Gasteiger partial charge >= 0.3 is 0 Å². The van der Waals surface area contributed by atoms with E-state index in [1.54, 1.807) is 10.7 Å². The van der Waals surface area contributed by atoms with Crippen LogP contribution < -0.4 is 5.32 Å². The van der Waals surface area contributed by atoms with Crippen molar-refractivity contribution in [2.24, 2.45) is 0 Å². The molecule has 1 aromatic carbocycles. The van der Waals surface area contributed by atoms with Gasteiger partial charge in [0.2, 0.25) is 5.82 Å². The normalized spacial score (nSPS) is 10.8. The zero-order valence-corrected chi connectivity index (χ0v) is 12.8. The molecule has 0 aliphatic heterocycles. The number of aromatic nitrogens is 4. The molecule has 0 bridgehead atoms. The third kappa shape index (κ3) is 2.92. The first-order chi connectivity index (χ1) is 10.1. The Morgan fingerprint density at radius 2 is 2.24 bits per heavy atom. The van der Waals surface area contributed by atoms with Gasteiger partial charge in [-0.3, -0.25) is 4.79 Å². The summed E-state index contributed by atoms with van der Waals surface area (Å²) in [4.78, 5) is 20.3. The fourth-order valence-corrected chi connectivity index (χ4v) is 2.36. The molecule has 0 atom stereocenters. The molecular weight excluding hydrogens is 334 g/mol. The Hall–Kier alpha value is -2.28. The number of amides is 1. The fourth-order valence-electron chi connectivity index (χ4n) is 1.91. The van der Waals surface area contributed by atoms with Crippen molar-refractivity contribution in [3.8, 4) is 0 Å². The highest BCUT2D eigenvalue weighted by atomic mass is 79.9. The van der Waals surface area contributed by atoms with Crippen LogP contribution in [0.1, 0.15) is 21.9 Å². The standard InChI is InChI=1S/C14H12BrN5O/c1-9-5-6-16-14-18-12(19-20(9)14)13(21)17-8-10-3-2-4-11(15)7-10/h2-7H,8H2,1H3,(H,17,21). The van der Waals surface area contributed by atoms with E-state index in [0.717, 1.165) is 15.7 Å². The molecule has 2 heterocycles. The van der Waals surface area contributed by atoms with Gasteiger partial charge in [-0.2, -0.15) is 4.98 Å². The Morgan fingerprint density at radius 3 is 3.00 bits per heavy atom. The fraction of sp³-hybridized carbons (Fsp3) is 0.143. The molecule has 1 N–H and O–H groups in total. The van der Waals surface area contributed by atoms with Gasteiger partial charge in [0, 0.05) is 22.9 Å². The molecule has 6 nitrogen and oxygen atoms in total. The van der Waals surface area contributed by atoms with E-state index in [1.807, 2.05) is 37.3 Å². The summed E-state index contributed by atoms with van der Waals surface area (Å²) in [5, 5.41) is 6.96. The molecule has 106 valence electrons. The maximum absolute atomic E-state index is 12.1. The summed E-state index contributed by atoms with van der Waals surface area (Å²) < 4.78 is 2.52. The summed E-state index contributed by atoms with van der Waals surface area (Å²) in [6, 6.07) is 9.55. The lowest BCUT2D eigenvalue weighted by Crippen LogP contribution is -2.24. The molecule has 0 unspecified atom stereocenters. The Kier molecular flexibility index (Phi) is 3.66. The number of aryl methyl sites for hydroxylation is 1. The van der Waals surface area contributed by atoms with Crippen molar-refractivity contribution in [3.63, 3.8) is 0 Å². The number of hydrogen-bond acceptors (Lipinski definition) is 4. The quantitative estimate of drug-likeness (QED) is 0.789.